The molecule has 216 valence electrons. The van der Waals surface area contributed by atoms with Crippen LogP contribution in [0.3, 0.4) is 0 Å². The minimum atomic E-state index is -2.00. The second-order valence-electron chi connectivity index (χ2n) is 10.7. The molecular weight excluding hydrogens is 520 g/mol. The molecule has 40 heavy (non-hydrogen) atoms. The van der Waals surface area contributed by atoms with Crippen molar-refractivity contribution in [3.63, 3.8) is 0 Å². The van der Waals surface area contributed by atoms with Crippen molar-refractivity contribution >= 4 is 35.6 Å². The van der Waals surface area contributed by atoms with Gasteiger partial charge in [0.2, 0.25) is 5.60 Å². The van der Waals surface area contributed by atoms with E-state index in [4.69, 9.17) is 18.9 Å². The van der Waals surface area contributed by atoms with E-state index in [9.17, 15) is 19.6 Å². The average molecular weight is 557 g/mol. The van der Waals surface area contributed by atoms with Gasteiger partial charge in [-0.1, -0.05) is 41.5 Å². The molecular formula is C27H36N6O7. The van der Waals surface area contributed by atoms with Gasteiger partial charge in [-0.2, -0.15) is 10.4 Å². The molecule has 0 amide bonds. The first-order valence-corrected chi connectivity index (χ1v) is 13.0. The molecule has 2 aromatic heterocycles. The number of hydrogen-bond acceptors (Lipinski definition) is 11. The Bertz CT molecular complexity index is 1310. The van der Waals surface area contributed by atoms with Crippen LogP contribution >= 0.6 is 0 Å². The van der Waals surface area contributed by atoms with E-state index in [1.54, 1.807) is 79.0 Å². The molecule has 0 aromatic carbocycles. The first kappa shape index (κ1) is 30.5. The van der Waals surface area contributed by atoms with E-state index >= 15 is 0 Å². The quantitative estimate of drug-likeness (QED) is 0.183. The summed E-state index contributed by atoms with van der Waals surface area (Å²) < 4.78 is 24.7. The number of ether oxygens (including phenoxy) is 4. The second kappa shape index (κ2) is 12.4. The Morgan fingerprint density at radius 1 is 1.10 bits per heavy atom. The highest BCUT2D eigenvalue weighted by molar-refractivity contribution is 5.74. The van der Waals surface area contributed by atoms with Crippen molar-refractivity contribution in [3.05, 3.63) is 24.2 Å². The van der Waals surface area contributed by atoms with E-state index < -0.39 is 59.6 Å². The molecule has 1 aliphatic heterocycles. The van der Waals surface area contributed by atoms with Crippen molar-refractivity contribution in [1.82, 2.24) is 19.5 Å². The molecule has 0 radical (unpaired) electrons. The largest absolute Gasteiger partial charge is 0.463 e. The average Bonchev–Trinajstić information content (AvgIpc) is 3.46. The number of aromatic nitrogens is 3. The number of nitriles is 1. The van der Waals surface area contributed by atoms with E-state index in [0.717, 1.165) is 0 Å². The number of esters is 3. The number of rotatable bonds is 10. The van der Waals surface area contributed by atoms with Crippen LogP contribution in [0.15, 0.2) is 23.5 Å². The fourth-order valence-corrected chi connectivity index (χ4v) is 3.90. The first-order valence-electron chi connectivity index (χ1n) is 13.0. The normalized spacial score (nSPS) is 22.7. The number of fused-ring (bicyclic) bond motifs is 1. The van der Waals surface area contributed by atoms with Crippen LogP contribution in [0.2, 0.25) is 0 Å². The van der Waals surface area contributed by atoms with Gasteiger partial charge in [-0.25, -0.2) is 14.5 Å². The summed E-state index contributed by atoms with van der Waals surface area (Å²) in [5, 5.41) is 15.0. The van der Waals surface area contributed by atoms with Crippen LogP contribution in [0, 0.1) is 29.1 Å². The van der Waals surface area contributed by atoms with Crippen molar-refractivity contribution < 1.29 is 33.3 Å². The van der Waals surface area contributed by atoms with Crippen LogP contribution in [-0.2, 0) is 38.9 Å². The molecule has 0 saturated carbocycles. The lowest BCUT2D eigenvalue weighted by molar-refractivity contribution is -0.174. The molecule has 0 unspecified atom stereocenters. The lowest BCUT2D eigenvalue weighted by Crippen LogP contribution is -2.47. The highest BCUT2D eigenvalue weighted by atomic mass is 16.7. The van der Waals surface area contributed by atoms with Gasteiger partial charge < -0.3 is 23.8 Å². The molecule has 1 saturated heterocycles. The van der Waals surface area contributed by atoms with Gasteiger partial charge in [-0.3, -0.25) is 14.4 Å². The monoisotopic (exact) mass is 556 g/mol. The van der Waals surface area contributed by atoms with Crippen LogP contribution in [0.1, 0.15) is 47.2 Å². The van der Waals surface area contributed by atoms with Gasteiger partial charge in [0.05, 0.1) is 29.8 Å². The van der Waals surface area contributed by atoms with Gasteiger partial charge in [-0.15, -0.1) is 0 Å². The maximum atomic E-state index is 12.9. The standard InChI is InChI=1S/C27H36N6O7/c1-15(2)24(34)37-11-19-21(38-25(35)16(3)4)22(39-26(36)17(5)6)27(12-28,40-19)20-10-9-18-23(30-14-32(7)8)29-13-31-33(18)20/h9-10,13-17,19,21-22H,11H2,1-8H3/b30-14-/t19-,21-,22-,27+/m1/s1. The van der Waals surface area contributed by atoms with Gasteiger partial charge in [-0.05, 0) is 12.1 Å². The van der Waals surface area contributed by atoms with E-state index in [2.05, 4.69) is 21.1 Å². The van der Waals surface area contributed by atoms with Crippen LogP contribution in [0.4, 0.5) is 5.82 Å². The lowest BCUT2D eigenvalue weighted by Gasteiger charge is -2.29. The summed E-state index contributed by atoms with van der Waals surface area (Å²) in [4.78, 5) is 48.3. The Labute approximate surface area is 233 Å². The molecule has 13 heteroatoms. The zero-order valence-corrected chi connectivity index (χ0v) is 24.0. The van der Waals surface area contributed by atoms with E-state index in [-0.39, 0.29) is 12.3 Å². The van der Waals surface area contributed by atoms with E-state index in [1.165, 1.54) is 10.8 Å². The van der Waals surface area contributed by atoms with Gasteiger partial charge >= 0.3 is 17.9 Å². The molecule has 1 fully saturated rings. The number of aliphatic imine (C=N–C) groups is 1. The maximum absolute atomic E-state index is 12.9. The molecule has 0 N–H and O–H groups in total. The third kappa shape index (κ3) is 6.22. The summed E-state index contributed by atoms with van der Waals surface area (Å²) in [5.41, 5.74) is -1.35. The second-order valence-corrected chi connectivity index (χ2v) is 10.7. The van der Waals surface area contributed by atoms with Crippen molar-refractivity contribution in [2.24, 2.45) is 22.7 Å². The Hall–Kier alpha value is -4.05. The van der Waals surface area contributed by atoms with Crippen molar-refractivity contribution in [2.75, 3.05) is 20.7 Å². The molecule has 0 aliphatic carbocycles. The predicted octanol–water partition coefficient (Wildman–Crippen LogP) is 2.40. The predicted molar refractivity (Wildman–Crippen MR) is 142 cm³/mol. The van der Waals surface area contributed by atoms with Crippen molar-refractivity contribution in [1.29, 1.82) is 5.26 Å². The summed E-state index contributed by atoms with van der Waals surface area (Å²) in [6, 6.07) is 5.39. The van der Waals surface area contributed by atoms with Crippen LogP contribution in [0.25, 0.3) is 5.52 Å². The number of nitrogens with zero attached hydrogens (tertiary/aromatic N) is 6. The fraction of sp³-hybridized carbons (Fsp3) is 0.593. The molecule has 3 rings (SSSR count). The third-order valence-electron chi connectivity index (χ3n) is 6.09. The first-order chi connectivity index (χ1) is 18.8. The van der Waals surface area contributed by atoms with Crippen LogP contribution in [-0.4, -0.2) is 82.8 Å². The molecule has 13 nitrogen and oxygen atoms in total. The van der Waals surface area contributed by atoms with E-state index in [1.807, 2.05) is 0 Å². The van der Waals surface area contributed by atoms with Crippen molar-refractivity contribution in [2.45, 2.75) is 65.5 Å². The van der Waals surface area contributed by atoms with E-state index in [0.29, 0.717) is 11.3 Å². The highest BCUT2D eigenvalue weighted by Crippen LogP contribution is 2.44. The Morgan fingerprint density at radius 2 is 1.73 bits per heavy atom. The fourth-order valence-electron chi connectivity index (χ4n) is 3.90. The van der Waals surface area contributed by atoms with Gasteiger partial charge in [0.1, 0.15) is 30.6 Å². The number of carbonyl (C=O) groups excluding carboxylic acids is 3. The Morgan fingerprint density at radius 3 is 2.30 bits per heavy atom. The molecule has 1 aliphatic rings. The summed E-state index contributed by atoms with van der Waals surface area (Å²) in [6.07, 6.45) is -0.981. The molecule has 0 bridgehead atoms. The van der Waals surface area contributed by atoms with Crippen LogP contribution < -0.4 is 0 Å². The summed E-state index contributed by atoms with van der Waals surface area (Å²) in [5.74, 6) is -2.94. The minimum Gasteiger partial charge on any atom is -0.463 e. The molecule has 2 aromatic rings. The number of carbonyl (C=O) groups is 3. The topological polar surface area (TPSA) is 158 Å². The zero-order valence-electron chi connectivity index (χ0n) is 24.0. The Kier molecular flexibility index (Phi) is 9.47. The van der Waals surface area contributed by atoms with Gasteiger partial charge in [0, 0.05) is 14.1 Å². The summed E-state index contributed by atoms with van der Waals surface area (Å²) in [7, 11) is 3.61. The smallest absolute Gasteiger partial charge is 0.308 e. The number of hydrogen-bond donors (Lipinski definition) is 0. The van der Waals surface area contributed by atoms with Gasteiger partial charge in [0.15, 0.2) is 18.0 Å². The summed E-state index contributed by atoms with van der Waals surface area (Å²) >= 11 is 0. The maximum Gasteiger partial charge on any atom is 0.308 e. The van der Waals surface area contributed by atoms with Crippen molar-refractivity contribution in [3.8, 4) is 6.07 Å². The minimum absolute atomic E-state index is 0.193. The SMILES string of the molecule is CC(C)C(=O)OC[C@H]1O[C@@](C#N)(c2ccc3c(/N=C\N(C)C)ncnn23)[C@H](OC(=O)C(C)C)[C@@H]1OC(=O)C(C)C. The summed E-state index contributed by atoms with van der Waals surface area (Å²) in [6.45, 7) is 9.56. The molecule has 3 heterocycles. The van der Waals surface area contributed by atoms with Gasteiger partial charge in [0.25, 0.3) is 0 Å². The molecule has 4 atom stereocenters. The highest BCUT2D eigenvalue weighted by Gasteiger charge is 2.63. The Balaban J connectivity index is 2.19. The lowest BCUT2D eigenvalue weighted by atomic mass is 9.91. The third-order valence-corrected chi connectivity index (χ3v) is 6.09. The zero-order chi connectivity index (χ0) is 29.8. The molecule has 0 spiro atoms. The van der Waals surface area contributed by atoms with Crippen LogP contribution in [0.5, 0.6) is 0 Å².